The van der Waals surface area contributed by atoms with E-state index < -0.39 is 0 Å². The van der Waals surface area contributed by atoms with Gasteiger partial charge in [-0.25, -0.2) is 5.26 Å². The molecule has 0 aliphatic heterocycles. The fourth-order valence-electron chi connectivity index (χ4n) is 0. The first kappa shape index (κ1) is 9.96. The molecule has 0 rings (SSSR count). The van der Waals surface area contributed by atoms with E-state index in [4.69, 9.17) is 5.26 Å². The van der Waals surface area contributed by atoms with Crippen LogP contribution in [0.5, 0.6) is 0 Å². The van der Waals surface area contributed by atoms with E-state index in [1.54, 1.807) is 0 Å². The SMILES string of the molecule is C#N.NN. The van der Waals surface area contributed by atoms with Gasteiger partial charge in [0.15, 0.2) is 0 Å². The van der Waals surface area contributed by atoms with Crippen LogP contribution in [-0.2, 0) is 0 Å². The summed E-state index contributed by atoms with van der Waals surface area (Å²) < 4.78 is 0. The third-order valence-corrected chi connectivity index (χ3v) is 0. The van der Waals surface area contributed by atoms with Crippen LogP contribution >= 0.6 is 0 Å². The van der Waals surface area contributed by atoms with Crippen LogP contribution in [0.4, 0.5) is 0 Å². The first-order chi connectivity index (χ1) is 2.00. The lowest BCUT2D eigenvalue weighted by Gasteiger charge is -1.27. The third-order valence-electron chi connectivity index (χ3n) is 0. The summed E-state index contributed by atoms with van der Waals surface area (Å²) in [5.74, 6) is 8.00. The molecule has 3 nitrogen and oxygen atoms in total. The molecule has 0 bridgehead atoms. The molecule has 0 aromatic heterocycles. The van der Waals surface area contributed by atoms with Crippen LogP contribution in [0.2, 0.25) is 0 Å². The summed E-state index contributed by atoms with van der Waals surface area (Å²) in [6, 6.07) is 0. The summed E-state index contributed by atoms with van der Waals surface area (Å²) in [4.78, 5) is 0. The number of nitrogens with two attached hydrogens (primary N) is 2. The third kappa shape index (κ3) is 0.681. The first-order valence-corrected chi connectivity index (χ1v) is 0.592. The summed E-state index contributed by atoms with van der Waals surface area (Å²) in [6.45, 7) is 3.50. The normalized spacial score (nSPS) is 2.00. The van der Waals surface area contributed by atoms with Gasteiger partial charge in [0.1, 0.15) is 0 Å². The number of nitrogens with zero attached hydrogens (tertiary/aromatic N) is 1. The largest absolute Gasteiger partial charge is 0.274 e. The second kappa shape index (κ2) is 13.8. The van der Waals surface area contributed by atoms with E-state index in [1.807, 2.05) is 0 Å². The molecular formula is CH5N3. The minimum absolute atomic E-state index is 3.50. The Kier molecular flexibility index (Phi) is 34.3. The van der Waals surface area contributed by atoms with Gasteiger partial charge in [-0.2, -0.15) is 0 Å². The second-order valence-electron chi connectivity index (χ2n) is 0. The van der Waals surface area contributed by atoms with Gasteiger partial charge in [0.2, 0.25) is 0 Å². The van der Waals surface area contributed by atoms with Crippen molar-refractivity contribution in [3.8, 4) is 6.57 Å². The van der Waals surface area contributed by atoms with E-state index in [1.165, 1.54) is 0 Å². The van der Waals surface area contributed by atoms with E-state index in [-0.39, 0.29) is 0 Å². The zero-order valence-corrected chi connectivity index (χ0v) is 2.18. The van der Waals surface area contributed by atoms with Crippen LogP contribution < -0.4 is 11.7 Å². The minimum Gasteiger partial charge on any atom is -0.274 e. The molecule has 3 heteroatoms. The van der Waals surface area contributed by atoms with Crippen molar-refractivity contribution in [2.24, 2.45) is 11.7 Å². The summed E-state index contributed by atoms with van der Waals surface area (Å²) in [5, 5.41) is 6.50. The molecule has 4 N–H and O–H groups in total. The van der Waals surface area contributed by atoms with Gasteiger partial charge in [-0.05, 0) is 0 Å². The Labute approximate surface area is 24.8 Å². The van der Waals surface area contributed by atoms with Crippen molar-refractivity contribution >= 4 is 0 Å². The number of hydrogen-bond acceptors (Lipinski definition) is 3. The Hall–Kier alpha value is -0.590. The van der Waals surface area contributed by atoms with Crippen molar-refractivity contribution in [2.45, 2.75) is 0 Å². The Balaban J connectivity index is 0. The number of hydrazine groups is 1. The fourth-order valence-corrected chi connectivity index (χ4v) is 0. The highest BCUT2D eigenvalue weighted by Gasteiger charge is 0.726. The van der Waals surface area contributed by atoms with E-state index in [0.717, 1.165) is 0 Å². The first-order valence-electron chi connectivity index (χ1n) is 0.592. The lowest BCUT2D eigenvalue weighted by molar-refractivity contribution is 1.26. The molecule has 0 fully saturated rings. The maximum atomic E-state index is 6.50. The highest BCUT2D eigenvalue weighted by molar-refractivity contribution is 4.03. The Bertz CT molecular complexity index is 8.00. The number of hydrogen-bond donors (Lipinski definition) is 2. The predicted octanol–water partition coefficient (Wildman–Crippen LogP) is -1.04. The highest BCUT2D eigenvalue weighted by Crippen LogP contribution is 0.586. The number of rotatable bonds is 0. The standard InChI is InChI=1S/CHN.H4N2/c2*1-2/h1H;1-2H2. The second-order valence-corrected chi connectivity index (χ2v) is 0. The Morgan fingerprint density at radius 3 is 1.25 bits per heavy atom. The average molecular weight is 59.1 g/mol. The zero-order valence-electron chi connectivity index (χ0n) is 2.18. The van der Waals surface area contributed by atoms with Crippen LogP contribution in [0.15, 0.2) is 0 Å². The molecule has 0 atom stereocenters. The van der Waals surface area contributed by atoms with Crippen LogP contribution in [0.3, 0.4) is 0 Å². The monoisotopic (exact) mass is 59.0 g/mol. The predicted molar refractivity (Wildman–Crippen MR) is 15.0 cm³/mol. The molecule has 0 saturated heterocycles. The summed E-state index contributed by atoms with van der Waals surface area (Å²) >= 11 is 0. The molecule has 0 aliphatic rings. The Morgan fingerprint density at radius 2 is 1.25 bits per heavy atom. The van der Waals surface area contributed by atoms with Gasteiger partial charge < -0.3 is 0 Å². The van der Waals surface area contributed by atoms with Crippen molar-refractivity contribution in [1.29, 1.82) is 5.26 Å². The van der Waals surface area contributed by atoms with Crippen molar-refractivity contribution in [2.75, 3.05) is 0 Å². The molecule has 0 aromatic carbocycles. The minimum atomic E-state index is 3.50. The van der Waals surface area contributed by atoms with E-state index in [0.29, 0.717) is 0 Å². The van der Waals surface area contributed by atoms with Crippen LogP contribution in [0.1, 0.15) is 0 Å². The highest BCUT2D eigenvalue weighted by atomic mass is 15.0. The van der Waals surface area contributed by atoms with E-state index >= 15 is 0 Å². The van der Waals surface area contributed by atoms with E-state index in [2.05, 4.69) is 18.3 Å². The molecule has 4 heavy (non-hydrogen) atoms. The quantitative estimate of drug-likeness (QED) is 0.276. The van der Waals surface area contributed by atoms with Crippen LogP contribution in [0, 0.1) is 11.8 Å². The molecule has 0 aliphatic carbocycles. The van der Waals surface area contributed by atoms with Crippen molar-refractivity contribution < 1.29 is 0 Å². The van der Waals surface area contributed by atoms with Gasteiger partial charge in [-0.1, -0.05) is 0 Å². The molecule has 0 radical (unpaired) electrons. The van der Waals surface area contributed by atoms with Crippen LogP contribution in [0.25, 0.3) is 0 Å². The average Bonchev–Trinajstić information content (AvgIpc) is 1.50. The smallest absolute Gasteiger partial charge is 0.0462 e. The van der Waals surface area contributed by atoms with Gasteiger partial charge in [-0.3, -0.25) is 11.7 Å². The van der Waals surface area contributed by atoms with Gasteiger partial charge in [0.25, 0.3) is 0 Å². The Morgan fingerprint density at radius 1 is 1.25 bits per heavy atom. The van der Waals surface area contributed by atoms with Crippen LogP contribution in [-0.4, -0.2) is 0 Å². The lowest BCUT2D eigenvalue weighted by atomic mass is 11.9. The molecule has 0 heterocycles. The maximum absolute atomic E-state index is 6.50. The zero-order chi connectivity index (χ0) is 4.00. The van der Waals surface area contributed by atoms with Crippen molar-refractivity contribution in [3.05, 3.63) is 0 Å². The molecule has 0 unspecified atom stereocenters. The summed E-state index contributed by atoms with van der Waals surface area (Å²) in [5.41, 5.74) is 0. The molecule has 24 valence electrons. The molecule has 0 saturated carbocycles. The van der Waals surface area contributed by atoms with Crippen molar-refractivity contribution in [1.82, 2.24) is 0 Å². The summed E-state index contributed by atoms with van der Waals surface area (Å²) in [7, 11) is 0. The molecular weight excluding hydrogens is 54.0 g/mol. The summed E-state index contributed by atoms with van der Waals surface area (Å²) in [6.07, 6.45) is 0. The molecule has 0 amide bonds. The molecule has 0 spiro atoms. The maximum Gasteiger partial charge on any atom is 0.0462 e. The van der Waals surface area contributed by atoms with E-state index in [9.17, 15) is 0 Å². The number of nitriles is 1. The topological polar surface area (TPSA) is 75.8 Å². The lowest BCUT2D eigenvalue weighted by Crippen LogP contribution is -2.02. The van der Waals surface area contributed by atoms with Gasteiger partial charge in [0.05, 0.1) is 0 Å². The van der Waals surface area contributed by atoms with Gasteiger partial charge in [-0.15, -0.1) is 0 Å². The van der Waals surface area contributed by atoms with Crippen molar-refractivity contribution in [3.63, 3.8) is 0 Å². The fraction of sp³-hybridized carbons (Fsp3) is 0. The molecule has 0 aromatic rings. The van der Waals surface area contributed by atoms with Gasteiger partial charge >= 0.3 is 0 Å². The van der Waals surface area contributed by atoms with Gasteiger partial charge in [0, 0.05) is 6.57 Å².